The number of nitrogens with one attached hydrogen (secondary N) is 1. The lowest BCUT2D eigenvalue weighted by molar-refractivity contribution is 0.0732. The summed E-state index contributed by atoms with van der Waals surface area (Å²) in [5.41, 5.74) is 2.81. The molecular weight excluding hydrogens is 242 g/mol. The van der Waals surface area contributed by atoms with E-state index in [0.29, 0.717) is 23.3 Å². The van der Waals surface area contributed by atoms with Crippen molar-refractivity contribution in [1.29, 1.82) is 0 Å². The second kappa shape index (κ2) is 5.13. The average molecular weight is 261 g/mol. The summed E-state index contributed by atoms with van der Waals surface area (Å²) in [5.74, 6) is 7.09. The van der Waals surface area contributed by atoms with Crippen molar-refractivity contribution >= 4 is 11.7 Å². The third-order valence-corrected chi connectivity index (χ3v) is 3.67. The molecule has 2 fully saturated rings. The summed E-state index contributed by atoms with van der Waals surface area (Å²) in [6.07, 6.45) is 4.98. The van der Waals surface area contributed by atoms with Crippen molar-refractivity contribution in [2.75, 3.05) is 18.5 Å². The minimum atomic E-state index is -0.00475. The number of carbonyl (C=O) groups excluding carboxylic acids is 1. The molecule has 1 aromatic rings. The first-order chi connectivity index (χ1) is 9.26. The van der Waals surface area contributed by atoms with Gasteiger partial charge in [-0.3, -0.25) is 4.79 Å². The zero-order valence-electron chi connectivity index (χ0n) is 10.9. The zero-order chi connectivity index (χ0) is 13.2. The maximum atomic E-state index is 12.4. The van der Waals surface area contributed by atoms with Gasteiger partial charge in [-0.05, 0) is 49.7 Å². The van der Waals surface area contributed by atoms with E-state index in [4.69, 9.17) is 5.84 Å². The van der Waals surface area contributed by atoms with Gasteiger partial charge in [-0.25, -0.2) is 5.84 Å². The third kappa shape index (κ3) is 3.20. The summed E-state index contributed by atoms with van der Waals surface area (Å²) in [4.78, 5) is 14.4. The van der Waals surface area contributed by atoms with E-state index in [1.807, 2.05) is 4.90 Å². The SMILES string of the molecule is NNc1ccc(C(=O)N(CC2CC2)CC2CC2)nn1. The standard InChI is InChI=1S/C13H19N5O/c14-15-12-6-5-11(16-17-12)13(19)18(7-9-1-2-9)8-10-3-4-10/h5-6,9-10H,1-4,7-8,14H2,(H,15,17). The largest absolute Gasteiger partial charge is 0.337 e. The van der Waals surface area contributed by atoms with E-state index in [-0.39, 0.29) is 5.91 Å². The first-order valence-electron chi connectivity index (χ1n) is 6.86. The van der Waals surface area contributed by atoms with E-state index in [2.05, 4.69) is 15.6 Å². The highest BCUT2D eigenvalue weighted by molar-refractivity contribution is 5.92. The normalized spacial score (nSPS) is 18.2. The van der Waals surface area contributed by atoms with Crippen LogP contribution in [0.2, 0.25) is 0 Å². The van der Waals surface area contributed by atoms with Crippen LogP contribution in [0.5, 0.6) is 0 Å². The van der Waals surface area contributed by atoms with Gasteiger partial charge in [0.2, 0.25) is 0 Å². The summed E-state index contributed by atoms with van der Waals surface area (Å²) >= 11 is 0. The van der Waals surface area contributed by atoms with Gasteiger partial charge in [-0.15, -0.1) is 10.2 Å². The highest BCUT2D eigenvalue weighted by Crippen LogP contribution is 2.34. The number of aromatic nitrogens is 2. The molecule has 1 aromatic heterocycles. The van der Waals surface area contributed by atoms with Crippen molar-refractivity contribution in [3.8, 4) is 0 Å². The number of carbonyl (C=O) groups is 1. The van der Waals surface area contributed by atoms with Crippen LogP contribution in [0, 0.1) is 11.8 Å². The molecule has 3 N–H and O–H groups in total. The molecule has 1 heterocycles. The van der Waals surface area contributed by atoms with Gasteiger partial charge in [0.15, 0.2) is 11.5 Å². The third-order valence-electron chi connectivity index (χ3n) is 3.67. The van der Waals surface area contributed by atoms with Crippen LogP contribution >= 0.6 is 0 Å². The summed E-state index contributed by atoms with van der Waals surface area (Å²) in [6, 6.07) is 3.35. The molecule has 2 aliphatic carbocycles. The fraction of sp³-hybridized carbons (Fsp3) is 0.615. The van der Waals surface area contributed by atoms with Gasteiger partial charge in [-0.2, -0.15) is 0 Å². The summed E-state index contributed by atoms with van der Waals surface area (Å²) in [7, 11) is 0. The Morgan fingerprint density at radius 1 is 1.21 bits per heavy atom. The first kappa shape index (κ1) is 12.3. The second-order valence-electron chi connectivity index (χ2n) is 5.55. The van der Waals surface area contributed by atoms with Crippen LogP contribution in [0.15, 0.2) is 12.1 Å². The summed E-state index contributed by atoms with van der Waals surface area (Å²) in [5, 5.41) is 7.80. The van der Waals surface area contributed by atoms with Crippen LogP contribution in [-0.4, -0.2) is 34.1 Å². The van der Waals surface area contributed by atoms with E-state index < -0.39 is 0 Å². The molecule has 0 spiro atoms. The van der Waals surface area contributed by atoms with E-state index in [9.17, 15) is 4.79 Å². The van der Waals surface area contributed by atoms with Gasteiger partial charge in [0, 0.05) is 13.1 Å². The number of amides is 1. The van der Waals surface area contributed by atoms with Crippen molar-refractivity contribution in [2.24, 2.45) is 17.7 Å². The fourth-order valence-electron chi connectivity index (χ4n) is 2.15. The molecule has 3 rings (SSSR count). The summed E-state index contributed by atoms with van der Waals surface area (Å²) < 4.78 is 0. The van der Waals surface area contributed by atoms with Gasteiger partial charge in [-0.1, -0.05) is 0 Å². The van der Waals surface area contributed by atoms with Crippen molar-refractivity contribution < 1.29 is 4.79 Å². The number of hydrogen-bond donors (Lipinski definition) is 2. The van der Waals surface area contributed by atoms with Crippen molar-refractivity contribution in [3.05, 3.63) is 17.8 Å². The molecule has 6 nitrogen and oxygen atoms in total. The smallest absolute Gasteiger partial charge is 0.274 e. The molecule has 0 bridgehead atoms. The summed E-state index contributed by atoms with van der Waals surface area (Å²) in [6.45, 7) is 1.74. The minimum absolute atomic E-state index is 0.00475. The maximum Gasteiger partial charge on any atom is 0.274 e. The number of hydrazine groups is 1. The Hall–Kier alpha value is -1.69. The van der Waals surface area contributed by atoms with Crippen molar-refractivity contribution in [2.45, 2.75) is 25.7 Å². The van der Waals surface area contributed by atoms with Gasteiger partial charge in [0.25, 0.3) is 5.91 Å². The topological polar surface area (TPSA) is 84.1 Å². The monoisotopic (exact) mass is 261 g/mol. The van der Waals surface area contributed by atoms with Crippen LogP contribution in [0.4, 0.5) is 5.82 Å². The van der Waals surface area contributed by atoms with Gasteiger partial charge < -0.3 is 10.3 Å². The van der Waals surface area contributed by atoms with Crippen LogP contribution in [0.3, 0.4) is 0 Å². The Labute approximate surface area is 112 Å². The molecule has 6 heteroatoms. The molecule has 0 aromatic carbocycles. The lowest BCUT2D eigenvalue weighted by atomic mass is 10.2. The minimum Gasteiger partial charge on any atom is -0.337 e. The molecule has 2 saturated carbocycles. The predicted octanol–water partition coefficient (Wildman–Crippen LogP) is 1.02. The maximum absolute atomic E-state index is 12.4. The lowest BCUT2D eigenvalue weighted by Crippen LogP contribution is -2.35. The van der Waals surface area contributed by atoms with Crippen LogP contribution < -0.4 is 11.3 Å². The van der Waals surface area contributed by atoms with Crippen LogP contribution in [-0.2, 0) is 0 Å². The van der Waals surface area contributed by atoms with Crippen molar-refractivity contribution in [3.63, 3.8) is 0 Å². The van der Waals surface area contributed by atoms with E-state index in [1.165, 1.54) is 25.7 Å². The number of nitrogens with zero attached hydrogens (tertiary/aromatic N) is 3. The molecule has 0 radical (unpaired) electrons. The van der Waals surface area contributed by atoms with Crippen LogP contribution in [0.1, 0.15) is 36.2 Å². The highest BCUT2D eigenvalue weighted by atomic mass is 16.2. The Kier molecular flexibility index (Phi) is 3.33. The Morgan fingerprint density at radius 3 is 2.26 bits per heavy atom. The molecule has 1 amide bonds. The van der Waals surface area contributed by atoms with Gasteiger partial charge in [0.05, 0.1) is 0 Å². The number of rotatable bonds is 6. The Morgan fingerprint density at radius 2 is 1.84 bits per heavy atom. The van der Waals surface area contributed by atoms with Gasteiger partial charge in [0.1, 0.15) is 0 Å². The fourth-order valence-corrected chi connectivity index (χ4v) is 2.15. The predicted molar refractivity (Wildman–Crippen MR) is 71.2 cm³/mol. The first-order valence-corrected chi connectivity index (χ1v) is 6.86. The molecule has 0 atom stereocenters. The van der Waals surface area contributed by atoms with Crippen LogP contribution in [0.25, 0.3) is 0 Å². The second-order valence-corrected chi connectivity index (χ2v) is 5.55. The molecule has 19 heavy (non-hydrogen) atoms. The quantitative estimate of drug-likeness (QED) is 0.590. The van der Waals surface area contributed by atoms with E-state index >= 15 is 0 Å². The molecule has 2 aliphatic rings. The number of nitrogens with two attached hydrogens (primary N) is 1. The molecule has 0 aliphatic heterocycles. The lowest BCUT2D eigenvalue weighted by Gasteiger charge is -2.22. The number of anilines is 1. The molecule has 0 unspecified atom stereocenters. The highest BCUT2D eigenvalue weighted by Gasteiger charge is 2.32. The number of nitrogen functional groups attached to an aromatic ring is 1. The zero-order valence-corrected chi connectivity index (χ0v) is 10.9. The Balaban J connectivity index is 1.69. The number of hydrogen-bond acceptors (Lipinski definition) is 5. The average Bonchev–Trinajstić information content (AvgIpc) is 3.32. The van der Waals surface area contributed by atoms with Crippen molar-refractivity contribution in [1.82, 2.24) is 15.1 Å². The molecular formula is C13H19N5O. The van der Waals surface area contributed by atoms with E-state index in [1.54, 1.807) is 12.1 Å². The van der Waals surface area contributed by atoms with E-state index in [0.717, 1.165) is 13.1 Å². The molecule has 102 valence electrons. The molecule has 0 saturated heterocycles. The van der Waals surface area contributed by atoms with Gasteiger partial charge >= 0.3 is 0 Å². The Bertz CT molecular complexity index is 439.